The molecule has 0 N–H and O–H groups in total. The fourth-order valence-corrected chi connectivity index (χ4v) is 7.04. The Kier molecular flexibility index (Phi) is 9.45. The van der Waals surface area contributed by atoms with E-state index in [1.807, 2.05) is 18.2 Å². The number of hydrogen-bond donors (Lipinski definition) is 0. The number of ether oxygens (including phenoxy) is 2. The van der Waals surface area contributed by atoms with E-state index < -0.39 is 14.4 Å². The Labute approximate surface area is 239 Å². The first-order valence-electron chi connectivity index (χ1n) is 14.3. The first-order chi connectivity index (χ1) is 19.0. The largest absolute Gasteiger partial charge is 0.412 e. The highest BCUT2D eigenvalue weighted by Gasteiger charge is 2.47. The lowest BCUT2D eigenvalue weighted by Crippen LogP contribution is -2.49. The van der Waals surface area contributed by atoms with E-state index in [0.29, 0.717) is 24.0 Å². The third-order valence-electron chi connectivity index (χ3n) is 8.85. The van der Waals surface area contributed by atoms with Gasteiger partial charge in [0, 0.05) is 25.9 Å². The van der Waals surface area contributed by atoms with E-state index in [4.69, 9.17) is 13.9 Å². The average Bonchev–Trinajstić information content (AvgIpc) is 3.36. The van der Waals surface area contributed by atoms with E-state index in [1.54, 1.807) is 31.4 Å². The number of benzene rings is 2. The van der Waals surface area contributed by atoms with Gasteiger partial charge in [-0.25, -0.2) is 0 Å². The fraction of sp³-hybridized carbons (Fsp3) is 0.531. The third kappa shape index (κ3) is 6.46. The summed E-state index contributed by atoms with van der Waals surface area (Å²) in [6, 6.07) is 17.2. The zero-order valence-corrected chi connectivity index (χ0v) is 25.6. The number of methoxy groups -OCH3 is 1. The number of nitrogens with zero attached hydrogens (tertiary/aromatic N) is 1. The molecule has 0 radical (unpaired) electrons. The molecule has 2 aromatic carbocycles. The van der Waals surface area contributed by atoms with Crippen molar-refractivity contribution in [1.82, 2.24) is 4.90 Å². The van der Waals surface area contributed by atoms with Crippen LogP contribution in [0.1, 0.15) is 66.3 Å². The van der Waals surface area contributed by atoms with Crippen LogP contribution in [-0.4, -0.2) is 69.4 Å². The fourth-order valence-electron chi connectivity index (χ4n) is 5.68. The molecule has 7 nitrogen and oxygen atoms in total. The summed E-state index contributed by atoms with van der Waals surface area (Å²) in [6.07, 6.45) is 2.08. The number of aryl methyl sites for hydroxylation is 1. The van der Waals surface area contributed by atoms with Gasteiger partial charge in [0.15, 0.2) is 8.32 Å². The predicted octanol–water partition coefficient (Wildman–Crippen LogP) is 5.68. The van der Waals surface area contributed by atoms with Crippen LogP contribution in [0.4, 0.5) is 0 Å². The second kappa shape index (κ2) is 12.5. The average molecular weight is 566 g/mol. The first-order valence-corrected chi connectivity index (χ1v) is 17.2. The molecule has 216 valence electrons. The molecule has 0 bridgehead atoms. The summed E-state index contributed by atoms with van der Waals surface area (Å²) in [4.78, 5) is 39.4. The van der Waals surface area contributed by atoms with E-state index in [-0.39, 0.29) is 47.6 Å². The highest BCUT2D eigenvalue weighted by Crippen LogP contribution is 2.40. The molecule has 0 saturated carbocycles. The van der Waals surface area contributed by atoms with Gasteiger partial charge in [-0.15, -0.1) is 0 Å². The monoisotopic (exact) mass is 565 g/mol. The van der Waals surface area contributed by atoms with E-state index >= 15 is 0 Å². The summed E-state index contributed by atoms with van der Waals surface area (Å²) in [5, 5.41) is -0.0668. The number of carbonyl (C=O) groups is 3. The number of imide groups is 1. The minimum absolute atomic E-state index is 0.0354. The number of rotatable bonds is 12. The second-order valence-corrected chi connectivity index (χ2v) is 17.3. The summed E-state index contributed by atoms with van der Waals surface area (Å²) < 4.78 is 19.4. The van der Waals surface area contributed by atoms with Gasteiger partial charge >= 0.3 is 0 Å². The number of carbonyl (C=O) groups excluding carboxylic acids is 3. The Bertz CT molecular complexity index is 1160. The van der Waals surface area contributed by atoms with Gasteiger partial charge in [-0.3, -0.25) is 14.5 Å². The first kappa shape index (κ1) is 30.3. The Balaban J connectivity index is 1.57. The lowest BCUT2D eigenvalue weighted by atomic mass is 9.87. The van der Waals surface area contributed by atoms with Crippen LogP contribution in [0, 0.1) is 5.92 Å². The number of amides is 2. The van der Waals surface area contributed by atoms with E-state index in [9.17, 15) is 14.4 Å². The predicted molar refractivity (Wildman–Crippen MR) is 157 cm³/mol. The van der Waals surface area contributed by atoms with Crippen molar-refractivity contribution in [3.63, 3.8) is 0 Å². The molecule has 3 unspecified atom stereocenters. The van der Waals surface area contributed by atoms with Crippen LogP contribution in [0.3, 0.4) is 0 Å². The number of fused-ring (bicyclic) bond motifs is 1. The Morgan fingerprint density at radius 1 is 0.975 bits per heavy atom. The highest BCUT2D eigenvalue weighted by molar-refractivity contribution is 6.74. The molecule has 2 amide bonds. The number of hydrogen-bond acceptors (Lipinski definition) is 6. The lowest BCUT2D eigenvalue weighted by Gasteiger charge is -2.40. The molecular weight excluding hydrogens is 522 g/mol. The minimum Gasteiger partial charge on any atom is -0.412 e. The zero-order chi connectivity index (χ0) is 29.1. The molecule has 40 heavy (non-hydrogen) atoms. The van der Waals surface area contributed by atoms with Gasteiger partial charge in [0.1, 0.15) is 6.29 Å². The Hall–Kier alpha value is -2.65. The molecule has 2 aromatic rings. The van der Waals surface area contributed by atoms with Crippen LogP contribution in [0.15, 0.2) is 54.6 Å². The van der Waals surface area contributed by atoms with Crippen molar-refractivity contribution in [2.24, 2.45) is 5.92 Å². The standard InChI is InChI=1S/C32H43NO6Si/c1-32(2,3)40(5,6)39-23(21-33-30(35)24-14-10-11-15-25(24)31(33)36)20-28-29(37-4)26(27(38-28)18-19-34)17-16-22-12-8-7-9-13-22/h7-15,19,23,26-29H,16-18,20-21H2,1-6H3/t23?,26?,27-,28?,29+/m0/s1. The Morgan fingerprint density at radius 3 is 2.12 bits per heavy atom. The zero-order valence-electron chi connectivity index (χ0n) is 24.6. The van der Waals surface area contributed by atoms with Gasteiger partial charge in [0.2, 0.25) is 0 Å². The van der Waals surface area contributed by atoms with Gasteiger partial charge < -0.3 is 18.7 Å². The van der Waals surface area contributed by atoms with Crippen LogP contribution < -0.4 is 0 Å². The molecule has 2 aliphatic heterocycles. The van der Waals surface area contributed by atoms with E-state index in [2.05, 4.69) is 46.0 Å². The number of aldehydes is 1. The molecular formula is C32H43NO6Si. The van der Waals surface area contributed by atoms with Crippen LogP contribution in [0.25, 0.3) is 0 Å². The maximum absolute atomic E-state index is 13.2. The van der Waals surface area contributed by atoms with Crippen molar-refractivity contribution < 1.29 is 28.3 Å². The summed E-state index contributed by atoms with van der Waals surface area (Å²) in [5.74, 6) is -0.549. The van der Waals surface area contributed by atoms with Crippen molar-refractivity contribution in [2.45, 2.75) is 89.0 Å². The molecule has 0 aliphatic carbocycles. The summed E-state index contributed by atoms with van der Waals surface area (Å²) >= 11 is 0. The van der Waals surface area contributed by atoms with Crippen molar-refractivity contribution >= 4 is 26.4 Å². The van der Waals surface area contributed by atoms with Gasteiger partial charge in [0.25, 0.3) is 11.8 Å². The van der Waals surface area contributed by atoms with Gasteiger partial charge in [0.05, 0.1) is 42.1 Å². The van der Waals surface area contributed by atoms with Gasteiger partial charge in [-0.05, 0) is 48.7 Å². The molecule has 5 atom stereocenters. The summed E-state index contributed by atoms with van der Waals surface area (Å²) in [5.41, 5.74) is 2.09. The van der Waals surface area contributed by atoms with Gasteiger partial charge in [-0.1, -0.05) is 63.2 Å². The van der Waals surface area contributed by atoms with Crippen LogP contribution >= 0.6 is 0 Å². The topological polar surface area (TPSA) is 82.1 Å². The normalized spacial score (nSPS) is 23.9. The molecule has 2 aliphatic rings. The molecule has 4 rings (SSSR count). The maximum atomic E-state index is 13.2. The van der Waals surface area contributed by atoms with Gasteiger partial charge in [-0.2, -0.15) is 0 Å². The molecule has 1 fully saturated rings. The van der Waals surface area contributed by atoms with Crippen LogP contribution in [0.5, 0.6) is 0 Å². The highest BCUT2D eigenvalue weighted by atomic mass is 28.4. The van der Waals surface area contributed by atoms with E-state index in [1.165, 1.54) is 10.5 Å². The van der Waals surface area contributed by atoms with Crippen molar-refractivity contribution in [3.05, 3.63) is 71.3 Å². The van der Waals surface area contributed by atoms with Crippen molar-refractivity contribution in [3.8, 4) is 0 Å². The molecule has 2 heterocycles. The smallest absolute Gasteiger partial charge is 0.261 e. The molecule has 0 aromatic heterocycles. The van der Waals surface area contributed by atoms with Crippen LogP contribution in [-0.2, 0) is 25.1 Å². The van der Waals surface area contributed by atoms with Crippen molar-refractivity contribution in [2.75, 3.05) is 13.7 Å². The van der Waals surface area contributed by atoms with E-state index in [0.717, 1.165) is 19.1 Å². The summed E-state index contributed by atoms with van der Waals surface area (Å²) in [7, 11) is -0.590. The maximum Gasteiger partial charge on any atom is 0.261 e. The second-order valence-electron chi connectivity index (χ2n) is 12.5. The quantitative estimate of drug-likeness (QED) is 0.187. The molecule has 8 heteroatoms. The minimum atomic E-state index is -2.28. The molecule has 0 spiro atoms. The lowest BCUT2D eigenvalue weighted by molar-refractivity contribution is -0.111. The van der Waals surface area contributed by atoms with Crippen molar-refractivity contribution in [1.29, 1.82) is 0 Å². The Morgan fingerprint density at radius 2 is 1.57 bits per heavy atom. The molecule has 1 saturated heterocycles. The third-order valence-corrected chi connectivity index (χ3v) is 13.4. The van der Waals surface area contributed by atoms with Crippen LogP contribution in [0.2, 0.25) is 18.1 Å². The summed E-state index contributed by atoms with van der Waals surface area (Å²) in [6.45, 7) is 11.0. The SMILES string of the molecule is CO[C@H]1C(CC(CN2C(=O)c3ccccc3C2=O)O[Si](C)(C)C(C)(C)C)O[C@@H](CC=O)C1CCc1ccccc1.